The number of nitrogens with zero attached hydrogens (tertiary/aromatic N) is 4. The minimum atomic E-state index is 0.235. The molecule has 0 aliphatic heterocycles. The lowest BCUT2D eigenvalue weighted by Crippen LogP contribution is -2.40. The van der Waals surface area contributed by atoms with Gasteiger partial charge in [-0.1, -0.05) is 37.6 Å². The van der Waals surface area contributed by atoms with Crippen molar-refractivity contribution in [3.63, 3.8) is 0 Å². The van der Waals surface area contributed by atoms with Crippen molar-refractivity contribution in [2.75, 3.05) is 19.7 Å². The number of hydrogen-bond donors (Lipinski definition) is 3. The molecule has 0 radical (unpaired) electrons. The fourth-order valence-electron chi connectivity index (χ4n) is 3.02. The Hall–Kier alpha value is -2.41. The first-order valence-corrected chi connectivity index (χ1v) is 9.78. The van der Waals surface area contributed by atoms with Crippen LogP contribution in [0.1, 0.15) is 44.2 Å². The molecule has 0 saturated carbocycles. The standard InChI is InChI=1S/C20H32N6O/c1-3-6-17(9-10-27)12-23-20(22-4-2)24-13-18-7-5-8-19(11-18)14-26-16-21-15-25-26/h5,7-8,11,15-17,27H,3-4,6,9-10,12-14H2,1-2H3,(H2,22,23,24). The minimum Gasteiger partial charge on any atom is -0.396 e. The first kappa shape index (κ1) is 20.9. The number of aliphatic hydroxyl groups excluding tert-OH is 1. The van der Waals surface area contributed by atoms with Crippen molar-refractivity contribution in [2.45, 2.75) is 46.2 Å². The Bertz CT molecular complexity index is 665. The van der Waals surface area contributed by atoms with E-state index in [4.69, 9.17) is 4.99 Å². The molecule has 7 heteroatoms. The number of aromatic nitrogens is 3. The van der Waals surface area contributed by atoms with Gasteiger partial charge in [0.2, 0.25) is 0 Å². The van der Waals surface area contributed by atoms with Crippen LogP contribution in [0, 0.1) is 5.92 Å². The summed E-state index contributed by atoms with van der Waals surface area (Å²) < 4.78 is 1.81. The third kappa shape index (κ3) is 7.78. The van der Waals surface area contributed by atoms with Gasteiger partial charge < -0.3 is 15.7 Å². The summed E-state index contributed by atoms with van der Waals surface area (Å²) in [7, 11) is 0. The summed E-state index contributed by atoms with van der Waals surface area (Å²) in [6.07, 6.45) is 6.32. The molecule has 3 N–H and O–H groups in total. The lowest BCUT2D eigenvalue weighted by atomic mass is 10.0. The van der Waals surface area contributed by atoms with Crippen LogP contribution in [-0.4, -0.2) is 45.5 Å². The molecule has 0 spiro atoms. The van der Waals surface area contributed by atoms with Crippen LogP contribution in [0.4, 0.5) is 0 Å². The highest BCUT2D eigenvalue weighted by Gasteiger charge is 2.08. The van der Waals surface area contributed by atoms with Crippen molar-refractivity contribution in [1.29, 1.82) is 0 Å². The summed E-state index contributed by atoms with van der Waals surface area (Å²) >= 11 is 0. The van der Waals surface area contributed by atoms with Gasteiger partial charge in [-0.3, -0.25) is 0 Å². The van der Waals surface area contributed by atoms with Crippen LogP contribution in [0.15, 0.2) is 41.9 Å². The molecule has 7 nitrogen and oxygen atoms in total. The molecule has 0 aliphatic rings. The fraction of sp³-hybridized carbons (Fsp3) is 0.550. The van der Waals surface area contributed by atoms with E-state index in [9.17, 15) is 5.11 Å². The van der Waals surface area contributed by atoms with Gasteiger partial charge in [0, 0.05) is 19.7 Å². The van der Waals surface area contributed by atoms with Crippen molar-refractivity contribution in [3.8, 4) is 0 Å². The summed E-state index contributed by atoms with van der Waals surface area (Å²) in [6.45, 7) is 7.43. The van der Waals surface area contributed by atoms with E-state index in [0.717, 1.165) is 43.9 Å². The van der Waals surface area contributed by atoms with E-state index < -0.39 is 0 Å². The average molecular weight is 373 g/mol. The van der Waals surface area contributed by atoms with Crippen LogP contribution in [0.3, 0.4) is 0 Å². The molecule has 2 rings (SSSR count). The van der Waals surface area contributed by atoms with Crippen LogP contribution < -0.4 is 10.6 Å². The molecular formula is C20H32N6O. The Morgan fingerprint density at radius 3 is 2.78 bits per heavy atom. The molecule has 27 heavy (non-hydrogen) atoms. The number of aliphatic imine (C=N–C) groups is 1. The highest BCUT2D eigenvalue weighted by atomic mass is 16.3. The van der Waals surface area contributed by atoms with Crippen LogP contribution in [0.2, 0.25) is 0 Å². The maximum atomic E-state index is 9.22. The van der Waals surface area contributed by atoms with Gasteiger partial charge in [-0.25, -0.2) is 14.7 Å². The second kappa shape index (κ2) is 12.1. The highest BCUT2D eigenvalue weighted by Crippen LogP contribution is 2.10. The van der Waals surface area contributed by atoms with Crippen molar-refractivity contribution < 1.29 is 5.11 Å². The predicted molar refractivity (Wildman–Crippen MR) is 108 cm³/mol. The summed E-state index contributed by atoms with van der Waals surface area (Å²) in [4.78, 5) is 8.69. The van der Waals surface area contributed by atoms with Gasteiger partial charge >= 0.3 is 0 Å². The molecular weight excluding hydrogens is 340 g/mol. The number of aliphatic hydroxyl groups is 1. The van der Waals surface area contributed by atoms with E-state index in [0.29, 0.717) is 19.0 Å². The Morgan fingerprint density at radius 2 is 2.07 bits per heavy atom. The number of benzene rings is 1. The van der Waals surface area contributed by atoms with Gasteiger partial charge in [-0.2, -0.15) is 5.10 Å². The normalized spacial score (nSPS) is 12.8. The lowest BCUT2D eigenvalue weighted by molar-refractivity contribution is 0.251. The monoisotopic (exact) mass is 372 g/mol. The smallest absolute Gasteiger partial charge is 0.191 e. The SMILES string of the molecule is CCCC(CCO)CNC(=NCc1cccc(Cn2cncn2)c1)NCC. The van der Waals surface area contributed by atoms with Gasteiger partial charge in [0.15, 0.2) is 5.96 Å². The predicted octanol–water partition coefficient (Wildman–Crippen LogP) is 2.18. The van der Waals surface area contributed by atoms with Gasteiger partial charge in [0.05, 0.1) is 13.1 Å². The van der Waals surface area contributed by atoms with Gasteiger partial charge in [-0.05, 0) is 36.8 Å². The zero-order valence-electron chi connectivity index (χ0n) is 16.4. The number of nitrogens with one attached hydrogen (secondary N) is 2. The molecule has 0 aliphatic carbocycles. The van der Waals surface area contributed by atoms with Gasteiger partial charge in [0.25, 0.3) is 0 Å². The fourth-order valence-corrected chi connectivity index (χ4v) is 3.02. The molecule has 1 heterocycles. The van der Waals surface area contributed by atoms with E-state index in [2.05, 4.69) is 58.8 Å². The summed E-state index contributed by atoms with van der Waals surface area (Å²) in [5, 5.41) is 20.1. The molecule has 0 amide bonds. The van der Waals surface area contributed by atoms with E-state index in [-0.39, 0.29) is 6.61 Å². The zero-order chi connectivity index (χ0) is 19.3. The van der Waals surface area contributed by atoms with E-state index >= 15 is 0 Å². The van der Waals surface area contributed by atoms with Crippen LogP contribution >= 0.6 is 0 Å². The molecule has 0 fully saturated rings. The number of hydrogen-bond acceptors (Lipinski definition) is 4. The molecule has 148 valence electrons. The minimum absolute atomic E-state index is 0.235. The van der Waals surface area contributed by atoms with Crippen molar-refractivity contribution in [2.24, 2.45) is 10.9 Å². The van der Waals surface area contributed by atoms with Gasteiger partial charge in [-0.15, -0.1) is 0 Å². The van der Waals surface area contributed by atoms with Crippen LogP contribution in [0.25, 0.3) is 0 Å². The first-order chi connectivity index (χ1) is 13.2. The largest absolute Gasteiger partial charge is 0.396 e. The maximum absolute atomic E-state index is 9.22. The molecule has 1 unspecified atom stereocenters. The second-order valence-corrected chi connectivity index (χ2v) is 6.66. The Labute approximate surface area is 161 Å². The summed E-state index contributed by atoms with van der Waals surface area (Å²) in [6, 6.07) is 8.38. The molecule has 1 atom stereocenters. The average Bonchev–Trinajstić information content (AvgIpc) is 3.17. The van der Waals surface area contributed by atoms with Gasteiger partial charge in [0.1, 0.15) is 12.7 Å². The van der Waals surface area contributed by atoms with E-state index in [1.807, 2.05) is 4.68 Å². The zero-order valence-corrected chi connectivity index (χ0v) is 16.4. The quantitative estimate of drug-likeness (QED) is 0.416. The van der Waals surface area contributed by atoms with E-state index in [1.54, 1.807) is 12.7 Å². The Kier molecular flexibility index (Phi) is 9.34. The molecule has 0 bridgehead atoms. The summed E-state index contributed by atoms with van der Waals surface area (Å²) in [5.74, 6) is 1.29. The Morgan fingerprint density at radius 1 is 1.22 bits per heavy atom. The molecule has 1 aromatic heterocycles. The maximum Gasteiger partial charge on any atom is 0.191 e. The Balaban J connectivity index is 1.94. The molecule has 0 saturated heterocycles. The van der Waals surface area contributed by atoms with Crippen molar-refractivity contribution in [3.05, 3.63) is 48.0 Å². The lowest BCUT2D eigenvalue weighted by Gasteiger charge is -2.18. The van der Waals surface area contributed by atoms with Crippen molar-refractivity contribution in [1.82, 2.24) is 25.4 Å². The third-order valence-electron chi connectivity index (χ3n) is 4.36. The van der Waals surface area contributed by atoms with Crippen LogP contribution in [-0.2, 0) is 13.1 Å². The second-order valence-electron chi connectivity index (χ2n) is 6.66. The van der Waals surface area contributed by atoms with Crippen molar-refractivity contribution >= 4 is 5.96 Å². The van der Waals surface area contributed by atoms with E-state index in [1.165, 1.54) is 5.56 Å². The number of guanidine groups is 1. The third-order valence-corrected chi connectivity index (χ3v) is 4.36. The number of rotatable bonds is 11. The molecule has 2 aromatic rings. The van der Waals surface area contributed by atoms with Crippen LogP contribution in [0.5, 0.6) is 0 Å². The first-order valence-electron chi connectivity index (χ1n) is 9.78. The topological polar surface area (TPSA) is 87.4 Å². The summed E-state index contributed by atoms with van der Waals surface area (Å²) in [5.41, 5.74) is 2.34. The highest BCUT2D eigenvalue weighted by molar-refractivity contribution is 5.79. The molecule has 1 aromatic carbocycles.